The molecule has 2 aromatic rings. The van der Waals surface area contributed by atoms with Crippen molar-refractivity contribution >= 4 is 9.84 Å². The fraction of sp³-hybridized carbons (Fsp3) is 0.250. The third-order valence-electron chi connectivity index (χ3n) is 3.05. The van der Waals surface area contributed by atoms with Crippen LogP contribution in [0.4, 0.5) is 0 Å². The van der Waals surface area contributed by atoms with Crippen LogP contribution < -0.4 is 10.5 Å². The number of sulfone groups is 1. The molecule has 0 unspecified atom stereocenters. The molecule has 0 aliphatic rings. The molecule has 4 nitrogen and oxygen atoms in total. The molecule has 0 amide bonds. The number of hydrogen-bond donors (Lipinski definition) is 1. The Hall–Kier alpha value is -1.85. The summed E-state index contributed by atoms with van der Waals surface area (Å²) >= 11 is 0. The van der Waals surface area contributed by atoms with Gasteiger partial charge in [-0.25, -0.2) is 8.42 Å². The van der Waals surface area contributed by atoms with Crippen LogP contribution in [0, 0.1) is 0 Å². The average molecular weight is 305 g/mol. The van der Waals surface area contributed by atoms with Crippen LogP contribution in [0.1, 0.15) is 18.9 Å². The van der Waals surface area contributed by atoms with Gasteiger partial charge in [0.2, 0.25) is 0 Å². The first-order valence-electron chi connectivity index (χ1n) is 6.85. The molecule has 0 aliphatic carbocycles. The maximum absolute atomic E-state index is 11.9. The van der Waals surface area contributed by atoms with Crippen molar-refractivity contribution in [2.45, 2.75) is 24.8 Å². The van der Waals surface area contributed by atoms with Gasteiger partial charge in [-0.05, 0) is 48.4 Å². The van der Waals surface area contributed by atoms with Gasteiger partial charge in [0.15, 0.2) is 9.84 Å². The van der Waals surface area contributed by atoms with Crippen molar-refractivity contribution in [1.82, 2.24) is 0 Å². The highest BCUT2D eigenvalue weighted by molar-refractivity contribution is 7.91. The van der Waals surface area contributed by atoms with Gasteiger partial charge >= 0.3 is 0 Å². The van der Waals surface area contributed by atoms with E-state index in [-0.39, 0.29) is 5.75 Å². The smallest absolute Gasteiger partial charge is 0.178 e. The number of benzene rings is 2. The van der Waals surface area contributed by atoms with E-state index in [9.17, 15) is 8.42 Å². The molecule has 0 saturated heterocycles. The van der Waals surface area contributed by atoms with Crippen LogP contribution in [0.15, 0.2) is 53.4 Å². The standard InChI is InChI=1S/C16H19NO3S/c1-2-11-21(18,19)16-9-7-15(8-10-16)20-14-5-3-13(12-17)4-6-14/h3-10H,2,11-12,17H2,1H3. The summed E-state index contributed by atoms with van der Waals surface area (Å²) in [6.45, 7) is 2.34. The van der Waals surface area contributed by atoms with E-state index in [4.69, 9.17) is 10.5 Å². The molecule has 0 atom stereocenters. The second-order valence-corrected chi connectivity index (χ2v) is 6.85. The van der Waals surface area contributed by atoms with E-state index < -0.39 is 9.84 Å². The third-order valence-corrected chi connectivity index (χ3v) is 4.99. The minimum Gasteiger partial charge on any atom is -0.457 e. The lowest BCUT2D eigenvalue weighted by Crippen LogP contribution is -2.05. The number of hydrogen-bond acceptors (Lipinski definition) is 4. The molecule has 0 spiro atoms. The topological polar surface area (TPSA) is 69.4 Å². The quantitative estimate of drug-likeness (QED) is 0.890. The van der Waals surface area contributed by atoms with Crippen molar-refractivity contribution in [3.63, 3.8) is 0 Å². The molecular weight excluding hydrogens is 286 g/mol. The van der Waals surface area contributed by atoms with E-state index in [0.29, 0.717) is 29.4 Å². The summed E-state index contributed by atoms with van der Waals surface area (Å²) in [6.07, 6.45) is 0.605. The normalized spacial score (nSPS) is 11.3. The summed E-state index contributed by atoms with van der Waals surface area (Å²) < 4.78 is 29.5. The molecule has 0 bridgehead atoms. The van der Waals surface area contributed by atoms with Crippen LogP contribution in [0.5, 0.6) is 11.5 Å². The highest BCUT2D eigenvalue weighted by atomic mass is 32.2. The zero-order valence-electron chi connectivity index (χ0n) is 12.0. The number of rotatable bonds is 6. The minimum atomic E-state index is -3.18. The van der Waals surface area contributed by atoms with Crippen LogP contribution in [0.25, 0.3) is 0 Å². The van der Waals surface area contributed by atoms with Gasteiger partial charge in [-0.2, -0.15) is 0 Å². The summed E-state index contributed by atoms with van der Waals surface area (Å²) in [5, 5.41) is 0. The van der Waals surface area contributed by atoms with E-state index in [2.05, 4.69) is 0 Å². The molecule has 0 radical (unpaired) electrons. The number of nitrogens with two attached hydrogens (primary N) is 1. The fourth-order valence-electron chi connectivity index (χ4n) is 1.93. The SMILES string of the molecule is CCCS(=O)(=O)c1ccc(Oc2ccc(CN)cc2)cc1. The van der Waals surface area contributed by atoms with Gasteiger partial charge in [0, 0.05) is 6.54 Å². The Labute approximate surface area is 125 Å². The summed E-state index contributed by atoms with van der Waals surface area (Å²) in [6, 6.07) is 14.0. The highest BCUT2D eigenvalue weighted by Crippen LogP contribution is 2.23. The minimum absolute atomic E-state index is 0.160. The average Bonchev–Trinajstić information content (AvgIpc) is 2.48. The molecule has 0 aromatic heterocycles. The molecule has 0 heterocycles. The van der Waals surface area contributed by atoms with Gasteiger partial charge in [0.1, 0.15) is 11.5 Å². The first kappa shape index (κ1) is 15.5. The van der Waals surface area contributed by atoms with Gasteiger partial charge in [-0.3, -0.25) is 0 Å². The van der Waals surface area contributed by atoms with Crippen molar-refractivity contribution in [2.75, 3.05) is 5.75 Å². The Morgan fingerprint density at radius 1 is 0.952 bits per heavy atom. The van der Waals surface area contributed by atoms with Gasteiger partial charge < -0.3 is 10.5 Å². The van der Waals surface area contributed by atoms with Gasteiger partial charge in [0.05, 0.1) is 10.6 Å². The van der Waals surface area contributed by atoms with Crippen LogP contribution in [0.2, 0.25) is 0 Å². The fourth-order valence-corrected chi connectivity index (χ4v) is 3.26. The second-order valence-electron chi connectivity index (χ2n) is 4.74. The van der Waals surface area contributed by atoms with Crippen molar-refractivity contribution in [3.8, 4) is 11.5 Å². The summed E-state index contributed by atoms with van der Waals surface area (Å²) in [5.41, 5.74) is 6.57. The van der Waals surface area contributed by atoms with E-state index >= 15 is 0 Å². The van der Waals surface area contributed by atoms with E-state index in [1.807, 2.05) is 31.2 Å². The van der Waals surface area contributed by atoms with Crippen molar-refractivity contribution in [3.05, 3.63) is 54.1 Å². The first-order chi connectivity index (χ1) is 10.0. The zero-order valence-corrected chi connectivity index (χ0v) is 12.8. The van der Waals surface area contributed by atoms with E-state index in [1.54, 1.807) is 24.3 Å². The Balaban J connectivity index is 2.12. The molecule has 112 valence electrons. The Bertz CT molecular complexity index is 676. The van der Waals surface area contributed by atoms with Crippen molar-refractivity contribution < 1.29 is 13.2 Å². The Morgan fingerprint density at radius 2 is 1.48 bits per heavy atom. The number of ether oxygens (including phenoxy) is 1. The van der Waals surface area contributed by atoms with Gasteiger partial charge in [0.25, 0.3) is 0 Å². The molecule has 0 fully saturated rings. The molecule has 0 aliphatic heterocycles. The molecule has 2 N–H and O–H groups in total. The highest BCUT2D eigenvalue weighted by Gasteiger charge is 2.12. The monoisotopic (exact) mass is 305 g/mol. The first-order valence-corrected chi connectivity index (χ1v) is 8.50. The van der Waals surface area contributed by atoms with Gasteiger partial charge in [-0.1, -0.05) is 19.1 Å². The van der Waals surface area contributed by atoms with Crippen LogP contribution in [-0.4, -0.2) is 14.2 Å². The van der Waals surface area contributed by atoms with Crippen molar-refractivity contribution in [2.24, 2.45) is 5.73 Å². The molecular formula is C16H19NO3S. The Morgan fingerprint density at radius 3 is 1.95 bits per heavy atom. The largest absolute Gasteiger partial charge is 0.457 e. The maximum Gasteiger partial charge on any atom is 0.178 e. The summed E-state index contributed by atoms with van der Waals surface area (Å²) in [7, 11) is -3.18. The van der Waals surface area contributed by atoms with Crippen LogP contribution in [0.3, 0.4) is 0 Å². The zero-order chi connectivity index (χ0) is 15.3. The Kier molecular flexibility index (Phi) is 4.98. The lowest BCUT2D eigenvalue weighted by molar-refractivity contribution is 0.482. The molecule has 2 aromatic carbocycles. The van der Waals surface area contributed by atoms with Crippen molar-refractivity contribution in [1.29, 1.82) is 0 Å². The molecule has 21 heavy (non-hydrogen) atoms. The predicted octanol–water partition coefficient (Wildman–Crippen LogP) is 3.12. The van der Waals surface area contributed by atoms with E-state index in [0.717, 1.165) is 5.56 Å². The summed E-state index contributed by atoms with van der Waals surface area (Å²) in [5.74, 6) is 1.45. The summed E-state index contributed by atoms with van der Waals surface area (Å²) in [4.78, 5) is 0.329. The lowest BCUT2D eigenvalue weighted by atomic mass is 10.2. The van der Waals surface area contributed by atoms with Crippen LogP contribution >= 0.6 is 0 Å². The third kappa shape index (κ3) is 4.06. The second kappa shape index (κ2) is 6.74. The molecule has 0 saturated carbocycles. The molecule has 2 rings (SSSR count). The molecule has 5 heteroatoms. The maximum atomic E-state index is 11.9. The predicted molar refractivity (Wildman–Crippen MR) is 83.2 cm³/mol. The van der Waals surface area contributed by atoms with E-state index in [1.165, 1.54) is 0 Å². The lowest BCUT2D eigenvalue weighted by Gasteiger charge is -2.08. The van der Waals surface area contributed by atoms with Gasteiger partial charge in [-0.15, -0.1) is 0 Å². The van der Waals surface area contributed by atoms with Crippen LogP contribution in [-0.2, 0) is 16.4 Å².